The van der Waals surface area contributed by atoms with Crippen molar-refractivity contribution < 1.29 is 17.6 Å². The molecule has 0 saturated heterocycles. The van der Waals surface area contributed by atoms with Crippen molar-refractivity contribution in [3.63, 3.8) is 0 Å². The number of nitrogens with two attached hydrogens (primary N) is 1. The Labute approximate surface area is 56.2 Å². The van der Waals surface area contributed by atoms with Gasteiger partial charge in [0.15, 0.2) is 0 Å². The molecule has 0 spiro atoms. The van der Waals surface area contributed by atoms with Crippen LogP contribution in [-0.4, -0.2) is 18.4 Å². The lowest BCUT2D eigenvalue weighted by atomic mass is 10.1. The Bertz CT molecular complexity index is 98.3. The smallest absolute Gasteiger partial charge is 0.253 e. The van der Waals surface area contributed by atoms with Crippen LogP contribution < -0.4 is 5.73 Å². The molecule has 0 aliphatic heterocycles. The molecule has 0 amide bonds. The highest BCUT2D eigenvalue weighted by atomic mass is 19.3. The lowest BCUT2D eigenvalue weighted by Crippen LogP contribution is -2.34. The Morgan fingerprint density at radius 2 is 1.80 bits per heavy atom. The maximum atomic E-state index is 11.9. The van der Waals surface area contributed by atoms with Gasteiger partial charge in [0.1, 0.15) is 0 Å². The molecule has 0 heterocycles. The summed E-state index contributed by atoms with van der Waals surface area (Å²) in [7, 11) is 0. The first-order valence-corrected chi connectivity index (χ1v) is 2.74. The van der Waals surface area contributed by atoms with E-state index in [0.29, 0.717) is 6.92 Å². The molecule has 0 aromatic heterocycles. The summed E-state index contributed by atoms with van der Waals surface area (Å²) in [5.74, 6) is -3.10. The first-order chi connectivity index (χ1) is 4.33. The topological polar surface area (TPSA) is 26.0 Å². The van der Waals surface area contributed by atoms with Gasteiger partial charge in [0, 0.05) is 6.42 Å². The van der Waals surface area contributed by atoms with Crippen molar-refractivity contribution in [1.82, 2.24) is 0 Å². The van der Waals surface area contributed by atoms with E-state index in [0.717, 1.165) is 0 Å². The third-order valence-electron chi connectivity index (χ3n) is 0.918. The molecule has 62 valence electrons. The Morgan fingerprint density at radius 3 is 1.90 bits per heavy atom. The van der Waals surface area contributed by atoms with E-state index in [2.05, 4.69) is 5.73 Å². The van der Waals surface area contributed by atoms with Crippen LogP contribution in [0, 0.1) is 0 Å². The number of rotatable bonds is 3. The van der Waals surface area contributed by atoms with E-state index in [1.54, 1.807) is 0 Å². The van der Waals surface area contributed by atoms with Crippen molar-refractivity contribution in [2.24, 2.45) is 5.73 Å². The second-order valence-corrected chi connectivity index (χ2v) is 2.27. The second-order valence-electron chi connectivity index (χ2n) is 2.27. The molecule has 1 unspecified atom stereocenters. The van der Waals surface area contributed by atoms with Gasteiger partial charge in [0.05, 0.1) is 6.04 Å². The van der Waals surface area contributed by atoms with Crippen molar-refractivity contribution in [2.45, 2.75) is 31.7 Å². The largest absolute Gasteiger partial charge is 0.323 e. The molecule has 0 radical (unpaired) electrons. The number of halogens is 4. The van der Waals surface area contributed by atoms with Gasteiger partial charge in [-0.15, -0.1) is 0 Å². The fourth-order valence-corrected chi connectivity index (χ4v) is 0.503. The molecule has 5 heteroatoms. The first kappa shape index (κ1) is 9.68. The summed E-state index contributed by atoms with van der Waals surface area (Å²) in [5.41, 5.74) is 4.67. The van der Waals surface area contributed by atoms with Crippen LogP contribution in [0.15, 0.2) is 0 Å². The van der Waals surface area contributed by atoms with E-state index in [4.69, 9.17) is 0 Å². The van der Waals surface area contributed by atoms with Gasteiger partial charge in [-0.1, -0.05) is 0 Å². The van der Waals surface area contributed by atoms with Crippen LogP contribution in [0.3, 0.4) is 0 Å². The number of alkyl halides is 4. The van der Waals surface area contributed by atoms with Gasteiger partial charge in [-0.25, -0.2) is 17.6 Å². The molecule has 1 atom stereocenters. The zero-order valence-electron chi connectivity index (χ0n) is 5.45. The molecular formula is C5H9F4N. The Morgan fingerprint density at radius 1 is 1.40 bits per heavy atom. The summed E-state index contributed by atoms with van der Waals surface area (Å²) in [5, 5.41) is 0. The van der Waals surface area contributed by atoms with Crippen molar-refractivity contribution in [3.05, 3.63) is 0 Å². The third-order valence-corrected chi connectivity index (χ3v) is 0.918. The second kappa shape index (κ2) is 3.18. The zero-order chi connectivity index (χ0) is 8.36. The Balaban J connectivity index is 3.68. The molecule has 0 fully saturated rings. The predicted octanol–water partition coefficient (Wildman–Crippen LogP) is 1.62. The molecule has 0 aromatic carbocycles. The molecular weight excluding hydrogens is 150 g/mol. The van der Waals surface area contributed by atoms with Gasteiger partial charge in [0.25, 0.3) is 6.43 Å². The minimum Gasteiger partial charge on any atom is -0.323 e. The van der Waals surface area contributed by atoms with Crippen LogP contribution in [0.5, 0.6) is 0 Å². The average Bonchev–Trinajstić information content (AvgIpc) is 1.60. The number of hydrogen-bond donors (Lipinski definition) is 1. The highest BCUT2D eigenvalue weighted by molar-refractivity contribution is 4.71. The Kier molecular flexibility index (Phi) is 3.08. The van der Waals surface area contributed by atoms with E-state index in [1.807, 2.05) is 0 Å². The fourth-order valence-electron chi connectivity index (χ4n) is 0.503. The standard InChI is InChI=1S/C5H9F4N/c1-5(8,9)2-3(10)4(6)7/h3-4H,2,10H2,1H3. The first-order valence-electron chi connectivity index (χ1n) is 2.74. The quantitative estimate of drug-likeness (QED) is 0.622. The van der Waals surface area contributed by atoms with Crippen molar-refractivity contribution in [3.8, 4) is 0 Å². The zero-order valence-corrected chi connectivity index (χ0v) is 5.45. The van der Waals surface area contributed by atoms with Crippen LogP contribution >= 0.6 is 0 Å². The van der Waals surface area contributed by atoms with E-state index in [-0.39, 0.29) is 0 Å². The molecule has 0 saturated carbocycles. The van der Waals surface area contributed by atoms with E-state index in [9.17, 15) is 17.6 Å². The molecule has 2 N–H and O–H groups in total. The summed E-state index contributed by atoms with van der Waals surface area (Å²) >= 11 is 0. The van der Waals surface area contributed by atoms with Gasteiger partial charge < -0.3 is 5.73 Å². The summed E-state index contributed by atoms with van der Waals surface area (Å²) in [6, 6.07) is -1.72. The minimum atomic E-state index is -3.10. The lowest BCUT2D eigenvalue weighted by Gasteiger charge is -2.15. The third kappa shape index (κ3) is 4.55. The maximum Gasteiger partial charge on any atom is 0.253 e. The van der Waals surface area contributed by atoms with E-state index in [1.165, 1.54) is 0 Å². The number of hydrogen-bond acceptors (Lipinski definition) is 1. The highest BCUT2D eigenvalue weighted by Gasteiger charge is 2.29. The van der Waals surface area contributed by atoms with Crippen molar-refractivity contribution in [1.29, 1.82) is 0 Å². The highest BCUT2D eigenvalue weighted by Crippen LogP contribution is 2.20. The summed E-state index contributed by atoms with van der Waals surface area (Å²) in [6.45, 7) is 0.565. The molecule has 0 aliphatic rings. The van der Waals surface area contributed by atoms with Crippen LogP contribution in [0.2, 0.25) is 0 Å². The predicted molar refractivity (Wildman–Crippen MR) is 29.2 cm³/mol. The van der Waals surface area contributed by atoms with Crippen LogP contribution in [0.1, 0.15) is 13.3 Å². The average molecular weight is 159 g/mol. The van der Waals surface area contributed by atoms with Crippen LogP contribution in [0.25, 0.3) is 0 Å². The molecule has 0 aromatic rings. The van der Waals surface area contributed by atoms with Gasteiger partial charge in [0.2, 0.25) is 5.92 Å². The van der Waals surface area contributed by atoms with E-state index < -0.39 is 24.8 Å². The Hall–Kier alpha value is -0.320. The normalized spacial score (nSPS) is 15.9. The van der Waals surface area contributed by atoms with E-state index >= 15 is 0 Å². The van der Waals surface area contributed by atoms with Crippen LogP contribution in [-0.2, 0) is 0 Å². The summed E-state index contributed by atoms with van der Waals surface area (Å²) < 4.78 is 46.8. The van der Waals surface area contributed by atoms with Gasteiger partial charge in [-0.2, -0.15) is 0 Å². The SMILES string of the molecule is CC(F)(F)CC(N)C(F)F. The molecule has 1 nitrogen and oxygen atoms in total. The molecule has 0 aliphatic carbocycles. The summed E-state index contributed by atoms with van der Waals surface area (Å²) in [6.07, 6.45) is -3.84. The van der Waals surface area contributed by atoms with Crippen molar-refractivity contribution in [2.75, 3.05) is 0 Å². The molecule has 10 heavy (non-hydrogen) atoms. The van der Waals surface area contributed by atoms with Crippen LogP contribution in [0.4, 0.5) is 17.6 Å². The lowest BCUT2D eigenvalue weighted by molar-refractivity contribution is -0.0163. The maximum absolute atomic E-state index is 11.9. The minimum absolute atomic E-state index is 0.565. The monoisotopic (exact) mass is 159 g/mol. The van der Waals surface area contributed by atoms with Gasteiger partial charge >= 0.3 is 0 Å². The van der Waals surface area contributed by atoms with Crippen molar-refractivity contribution >= 4 is 0 Å². The summed E-state index contributed by atoms with van der Waals surface area (Å²) in [4.78, 5) is 0. The molecule has 0 rings (SSSR count). The molecule has 0 bridgehead atoms. The fraction of sp³-hybridized carbons (Fsp3) is 1.00. The van der Waals surface area contributed by atoms with Gasteiger partial charge in [-0.05, 0) is 6.92 Å². The van der Waals surface area contributed by atoms with Gasteiger partial charge in [-0.3, -0.25) is 0 Å².